The third kappa shape index (κ3) is 112. The molecule has 0 aromatic rings. The zero-order valence-corrected chi connectivity index (χ0v) is 9.09. The summed E-state index contributed by atoms with van der Waals surface area (Å²) in [6.07, 6.45) is 0. The van der Waals surface area contributed by atoms with Crippen LogP contribution in [0.5, 0.6) is 0 Å². The van der Waals surface area contributed by atoms with Crippen LogP contribution >= 0.6 is 29.5 Å². The molecule has 1 nitrogen and oxygen atoms in total. The minimum atomic E-state index is -3.71. The standard InChI is InChI=1S/C2H5.Al.3ClH.O.V/c1-2;;;;;;/h1H2,2H3;;3*1H;;/q;;;;;;+3/p-3. The first-order chi connectivity index (χ1) is 3.41. The summed E-state index contributed by atoms with van der Waals surface area (Å²) in [5, 5.41) is 1.17. The van der Waals surface area contributed by atoms with Crippen molar-refractivity contribution in [1.82, 2.24) is 0 Å². The van der Waals surface area contributed by atoms with Gasteiger partial charge in [-0.25, -0.2) is 0 Å². The third-order valence-electron chi connectivity index (χ3n) is 0. The molecule has 0 aliphatic heterocycles. The molecule has 6 heteroatoms. The van der Waals surface area contributed by atoms with Crippen molar-refractivity contribution >= 4 is 45.8 Å². The predicted molar refractivity (Wildman–Crippen MR) is 34.5 cm³/mol. The zero-order chi connectivity index (χ0) is 7.21. The third-order valence-corrected chi connectivity index (χ3v) is 0. The number of halogens is 3. The molecule has 0 rings (SSSR count). The van der Waals surface area contributed by atoms with E-state index in [1.54, 1.807) is 0 Å². The number of rotatable bonds is 0. The zero-order valence-electron chi connectivity index (χ0n) is 4.27. The Hall–Kier alpha value is 1.79. The fraction of sp³-hybridized carbons (Fsp3) is 1.00. The molecule has 0 atom stereocenters. The first-order valence-corrected chi connectivity index (χ1v) is 8.96. The summed E-state index contributed by atoms with van der Waals surface area (Å²) >= 11 is -1.13. The molecule has 0 fully saturated rings. The van der Waals surface area contributed by atoms with E-state index < -0.39 is 11.1 Å². The van der Waals surface area contributed by atoms with E-state index in [1.807, 2.05) is 0 Å². The molecule has 0 aromatic carbocycles. The van der Waals surface area contributed by atoms with Crippen molar-refractivity contribution in [2.45, 2.75) is 12.2 Å². The van der Waals surface area contributed by atoms with Crippen LogP contribution in [-0.4, -0.2) is 16.3 Å². The predicted octanol–water partition coefficient (Wildman–Crippen LogP) is 2.54. The molecule has 0 aliphatic carbocycles. The summed E-state index contributed by atoms with van der Waals surface area (Å²) < 4.78 is 9.57. The SMILES string of the molecule is C[CH2][Al].[O]=[V]([Cl])([Cl])[Cl]. The minimum absolute atomic E-state index is 1.17. The summed E-state index contributed by atoms with van der Waals surface area (Å²) in [7, 11) is 14.0. The van der Waals surface area contributed by atoms with E-state index in [2.05, 4.69) is 52.8 Å². The van der Waals surface area contributed by atoms with Crippen LogP contribution in [0.2, 0.25) is 5.28 Å². The van der Waals surface area contributed by atoms with E-state index in [-0.39, 0.29) is 0 Å². The van der Waals surface area contributed by atoms with Gasteiger partial charge in [-0.05, 0) is 0 Å². The van der Waals surface area contributed by atoms with E-state index in [4.69, 9.17) is 0 Å². The van der Waals surface area contributed by atoms with Crippen molar-refractivity contribution < 1.29 is 14.8 Å². The molecular formula is C2H5AlCl3OV. The maximum absolute atomic E-state index is 9.57. The molecule has 0 N–H and O–H groups in total. The quantitative estimate of drug-likeness (QED) is 0.583. The Labute approximate surface area is 72.3 Å². The van der Waals surface area contributed by atoms with E-state index in [0.29, 0.717) is 0 Å². The van der Waals surface area contributed by atoms with E-state index in [1.165, 1.54) is 5.28 Å². The second-order valence-electron chi connectivity index (χ2n) is 0.807. The Morgan fingerprint density at radius 2 is 1.50 bits per heavy atom. The normalized spacial score (nSPS) is 9.50. The first-order valence-electron chi connectivity index (χ1n) is 1.81. The first kappa shape index (κ1) is 12.5. The Kier molecular flexibility index (Phi) is 10.7. The van der Waals surface area contributed by atoms with Gasteiger partial charge in [0.2, 0.25) is 0 Å². The summed E-state index contributed by atoms with van der Waals surface area (Å²) in [5.74, 6) is 0. The van der Waals surface area contributed by atoms with Gasteiger partial charge in [-0.1, -0.05) is 6.92 Å². The maximum atomic E-state index is 9.57. The van der Waals surface area contributed by atoms with Gasteiger partial charge in [0, 0.05) is 0 Å². The number of hydrogen-bond donors (Lipinski definition) is 0. The second-order valence-corrected chi connectivity index (χ2v) is 10.9. The average Bonchev–Trinajstić information content (AvgIpc) is 1.27. The van der Waals surface area contributed by atoms with Crippen molar-refractivity contribution in [3.63, 3.8) is 0 Å². The van der Waals surface area contributed by atoms with E-state index >= 15 is 0 Å². The molecule has 48 valence electrons. The van der Waals surface area contributed by atoms with Gasteiger partial charge in [0.25, 0.3) is 0 Å². The van der Waals surface area contributed by atoms with Gasteiger partial charge in [-0.2, -0.15) is 0 Å². The molecule has 0 spiro atoms. The van der Waals surface area contributed by atoms with Crippen molar-refractivity contribution in [3.8, 4) is 0 Å². The monoisotopic (exact) mass is 228 g/mol. The van der Waals surface area contributed by atoms with E-state index in [9.17, 15) is 3.67 Å². The molecule has 0 amide bonds. The van der Waals surface area contributed by atoms with E-state index in [0.717, 1.165) is 0 Å². The molecule has 0 saturated carbocycles. The fourth-order valence-electron chi connectivity index (χ4n) is 0. The second kappa shape index (κ2) is 6.90. The molecule has 8 heavy (non-hydrogen) atoms. The van der Waals surface area contributed by atoms with Crippen LogP contribution in [0.4, 0.5) is 0 Å². The van der Waals surface area contributed by atoms with Crippen molar-refractivity contribution in [3.05, 3.63) is 0 Å². The van der Waals surface area contributed by atoms with Crippen LogP contribution in [0.3, 0.4) is 0 Å². The van der Waals surface area contributed by atoms with Crippen molar-refractivity contribution in [2.24, 2.45) is 0 Å². The van der Waals surface area contributed by atoms with Gasteiger partial charge in [0.1, 0.15) is 16.3 Å². The van der Waals surface area contributed by atoms with Gasteiger partial charge < -0.3 is 0 Å². The topological polar surface area (TPSA) is 17.1 Å². The molecule has 0 unspecified atom stereocenters. The molecule has 2 radical (unpaired) electrons. The van der Waals surface area contributed by atoms with Gasteiger partial charge in [0.15, 0.2) is 0 Å². The van der Waals surface area contributed by atoms with Crippen LogP contribution < -0.4 is 0 Å². The van der Waals surface area contributed by atoms with Crippen LogP contribution in [0.25, 0.3) is 0 Å². The van der Waals surface area contributed by atoms with Crippen molar-refractivity contribution in [2.75, 3.05) is 0 Å². The molecular weight excluding hydrogens is 224 g/mol. The Bertz CT molecular complexity index is 73.1. The van der Waals surface area contributed by atoms with Gasteiger partial charge >= 0.3 is 44.3 Å². The van der Waals surface area contributed by atoms with Crippen LogP contribution in [0.15, 0.2) is 0 Å². The fourth-order valence-corrected chi connectivity index (χ4v) is 0. The van der Waals surface area contributed by atoms with Gasteiger partial charge in [-0.3, -0.25) is 0 Å². The molecule has 0 aliphatic rings. The Morgan fingerprint density at radius 3 is 1.50 bits per heavy atom. The van der Waals surface area contributed by atoms with Crippen LogP contribution in [0, 0.1) is 0 Å². The molecule has 0 aromatic heterocycles. The Balaban J connectivity index is 0. The molecule has 0 heterocycles. The average molecular weight is 229 g/mol. The van der Waals surface area contributed by atoms with Gasteiger partial charge in [-0.15, -0.1) is 5.28 Å². The summed E-state index contributed by atoms with van der Waals surface area (Å²) in [4.78, 5) is 0. The Morgan fingerprint density at radius 1 is 1.50 bits per heavy atom. The van der Waals surface area contributed by atoms with Crippen LogP contribution in [-0.2, 0) is 14.8 Å². The number of hydrogen-bond acceptors (Lipinski definition) is 1. The summed E-state index contributed by atoms with van der Waals surface area (Å²) in [5.41, 5.74) is 0. The van der Waals surface area contributed by atoms with Crippen molar-refractivity contribution in [1.29, 1.82) is 0 Å². The summed E-state index contributed by atoms with van der Waals surface area (Å²) in [6.45, 7) is 2.09. The molecule has 0 bridgehead atoms. The van der Waals surface area contributed by atoms with Crippen LogP contribution in [0.1, 0.15) is 6.92 Å². The summed E-state index contributed by atoms with van der Waals surface area (Å²) in [6, 6.07) is 0. The molecule has 0 saturated heterocycles. The van der Waals surface area contributed by atoms with Gasteiger partial charge in [0.05, 0.1) is 0 Å².